The minimum absolute atomic E-state index is 0. The van der Waals surface area contributed by atoms with Crippen LogP contribution in [0.15, 0.2) is 0 Å². The van der Waals surface area contributed by atoms with Crippen molar-refractivity contribution in [3.8, 4) is 0 Å². The van der Waals surface area contributed by atoms with Crippen LogP contribution < -0.4 is 6.15 Å². The van der Waals surface area contributed by atoms with Crippen LogP contribution in [0.5, 0.6) is 0 Å². The molecule has 0 aromatic heterocycles. The number of hydrogen-bond donors (Lipinski definition) is 3. The minimum atomic E-state index is -0.709. The van der Waals surface area contributed by atoms with E-state index in [4.69, 9.17) is 10.2 Å². The lowest BCUT2D eigenvalue weighted by Crippen LogP contribution is -2.11. The second kappa shape index (κ2) is 13.9. The van der Waals surface area contributed by atoms with Crippen LogP contribution >= 0.6 is 0 Å². The van der Waals surface area contributed by atoms with Crippen LogP contribution in [-0.4, -0.2) is 62.0 Å². The van der Waals surface area contributed by atoms with Crippen molar-refractivity contribution in [1.82, 2.24) is 11.1 Å². The van der Waals surface area contributed by atoms with Crippen molar-refractivity contribution in [3.05, 3.63) is 0 Å². The Balaban J connectivity index is -0.000000173. The quantitative estimate of drug-likeness (QED) is 0.492. The fraction of sp³-hybridized carbons (Fsp3) is 0.857. The van der Waals surface area contributed by atoms with Gasteiger partial charge in [0.25, 0.3) is 0 Å². The fourth-order valence-electron chi connectivity index (χ4n) is 0.205. The van der Waals surface area contributed by atoms with Gasteiger partial charge in [-0.1, -0.05) is 0 Å². The molecule has 0 rings (SSSR count). The van der Waals surface area contributed by atoms with Crippen LogP contribution in [0.3, 0.4) is 0 Å². The first-order chi connectivity index (χ1) is 5.54. The summed E-state index contributed by atoms with van der Waals surface area (Å²) in [6.45, 7) is -0.870. The summed E-state index contributed by atoms with van der Waals surface area (Å²) in [5.41, 5.74) is 0. The number of rotatable bonds is 3. The maximum Gasteiger partial charge on any atom is 0.331 e. The van der Waals surface area contributed by atoms with E-state index < -0.39 is 12.6 Å². The molecule has 0 atom stereocenters. The molecule has 0 fully saturated rings. The van der Waals surface area contributed by atoms with Gasteiger partial charge in [-0.15, -0.1) is 0 Å². The molecule has 0 aliphatic carbocycles. The lowest BCUT2D eigenvalue weighted by atomic mass is 10.7. The van der Waals surface area contributed by atoms with Gasteiger partial charge in [0.15, 0.2) is 0 Å². The number of hydrogen-bond acceptors (Lipinski definition) is 6. The molecule has 6 heteroatoms. The van der Waals surface area contributed by atoms with Crippen LogP contribution in [0.2, 0.25) is 0 Å². The summed E-state index contributed by atoms with van der Waals surface area (Å²) in [7, 11) is 6.00. The molecule has 0 bridgehead atoms. The third-order valence-corrected chi connectivity index (χ3v) is 0.483. The molecule has 0 aliphatic rings. The second-order valence-electron chi connectivity index (χ2n) is 2.44. The number of nitrogens with zero attached hydrogens (tertiary/aromatic N) is 1. The Hall–Kier alpha value is -0.690. The van der Waals surface area contributed by atoms with Crippen LogP contribution in [-0.2, 0) is 9.53 Å². The van der Waals surface area contributed by atoms with E-state index >= 15 is 0 Å². The highest BCUT2D eigenvalue weighted by Gasteiger charge is 1.95. The van der Waals surface area contributed by atoms with Gasteiger partial charge in [0.2, 0.25) is 0 Å². The minimum Gasteiger partial charge on any atom is -0.462 e. The fourth-order valence-corrected chi connectivity index (χ4v) is 0.205. The largest absolute Gasteiger partial charge is 0.462 e. The predicted octanol–water partition coefficient (Wildman–Crippen LogP) is -1.15. The zero-order valence-electron chi connectivity index (χ0n) is 8.49. The van der Waals surface area contributed by atoms with Crippen LogP contribution in [0.25, 0.3) is 0 Å². The average Bonchev–Trinajstić information content (AvgIpc) is 1.99. The Morgan fingerprint density at radius 2 is 1.69 bits per heavy atom. The number of carbonyl (C=O) groups is 1. The predicted molar refractivity (Wildman–Crippen MR) is 49.8 cm³/mol. The molecule has 0 aromatic carbocycles. The zero-order valence-corrected chi connectivity index (χ0v) is 8.49. The summed E-state index contributed by atoms with van der Waals surface area (Å²) in [4.78, 5) is 12.0. The van der Waals surface area contributed by atoms with Gasteiger partial charge in [-0.25, -0.2) is 4.79 Å². The van der Waals surface area contributed by atoms with Crippen molar-refractivity contribution in [2.75, 3.05) is 41.0 Å². The van der Waals surface area contributed by atoms with Gasteiger partial charge in [0, 0.05) is 0 Å². The molecule has 0 saturated heterocycles. The van der Waals surface area contributed by atoms with Crippen molar-refractivity contribution in [2.45, 2.75) is 0 Å². The van der Waals surface area contributed by atoms with Crippen molar-refractivity contribution in [2.24, 2.45) is 0 Å². The summed E-state index contributed by atoms with van der Waals surface area (Å²) in [5.74, 6) is -0.709. The summed E-state index contributed by atoms with van der Waals surface area (Å²) >= 11 is 0. The monoisotopic (exact) mass is 196 g/mol. The van der Waals surface area contributed by atoms with Gasteiger partial charge < -0.3 is 26.0 Å². The standard InChI is InChI=1S/C4H8O4.C3H9N.H3N/c5-1-2-8-4(7)3-6;1-4(2)3;/h5-6H,1-3H2;1-3H3;1H3. The van der Waals surface area contributed by atoms with Gasteiger partial charge in [0.05, 0.1) is 6.61 Å². The summed E-state index contributed by atoms with van der Waals surface area (Å²) < 4.78 is 4.20. The van der Waals surface area contributed by atoms with E-state index in [1.165, 1.54) is 0 Å². The lowest BCUT2D eigenvalue weighted by molar-refractivity contribution is -0.147. The van der Waals surface area contributed by atoms with Gasteiger partial charge in [-0.2, -0.15) is 0 Å². The number of carbonyl (C=O) groups excluding carboxylic acids is 1. The van der Waals surface area contributed by atoms with Gasteiger partial charge in [0.1, 0.15) is 13.2 Å². The molecule has 0 aromatic rings. The lowest BCUT2D eigenvalue weighted by Gasteiger charge is -1.96. The Morgan fingerprint density at radius 1 is 1.31 bits per heavy atom. The van der Waals surface area contributed by atoms with Crippen LogP contribution in [0, 0.1) is 0 Å². The van der Waals surface area contributed by atoms with Crippen molar-refractivity contribution < 1.29 is 19.7 Å². The molecular formula is C7H20N2O4. The second-order valence-corrected chi connectivity index (χ2v) is 2.44. The molecular weight excluding hydrogens is 176 g/mol. The first-order valence-corrected chi connectivity index (χ1v) is 3.52. The molecule has 0 spiro atoms. The van der Waals surface area contributed by atoms with Crippen molar-refractivity contribution in [3.63, 3.8) is 0 Å². The highest BCUT2D eigenvalue weighted by Crippen LogP contribution is 1.72. The van der Waals surface area contributed by atoms with Gasteiger partial charge in [-0.3, -0.25) is 0 Å². The molecule has 82 valence electrons. The number of aliphatic hydroxyl groups excluding tert-OH is 2. The number of esters is 1. The normalized spacial score (nSPS) is 8.15. The van der Waals surface area contributed by atoms with Crippen molar-refractivity contribution in [1.29, 1.82) is 0 Å². The van der Waals surface area contributed by atoms with E-state index in [0.29, 0.717) is 0 Å². The Kier molecular flexibility index (Phi) is 19.4. The molecule has 0 saturated carbocycles. The van der Waals surface area contributed by atoms with E-state index in [0.717, 1.165) is 0 Å². The summed E-state index contributed by atoms with van der Waals surface area (Å²) in [5, 5.41) is 16.1. The molecule has 0 amide bonds. The first kappa shape index (κ1) is 18.2. The van der Waals surface area contributed by atoms with Crippen LogP contribution in [0.1, 0.15) is 0 Å². The third kappa shape index (κ3) is 34.8. The summed E-state index contributed by atoms with van der Waals surface area (Å²) in [6, 6.07) is 0. The molecule has 13 heavy (non-hydrogen) atoms. The number of ether oxygens (including phenoxy) is 1. The maximum absolute atomic E-state index is 9.99. The molecule has 0 unspecified atom stereocenters. The Labute approximate surface area is 78.7 Å². The molecule has 0 radical (unpaired) electrons. The Morgan fingerprint density at radius 3 is 1.92 bits per heavy atom. The topological polar surface area (TPSA) is 105 Å². The molecule has 6 nitrogen and oxygen atoms in total. The smallest absolute Gasteiger partial charge is 0.331 e. The van der Waals surface area contributed by atoms with E-state index in [2.05, 4.69) is 4.74 Å². The van der Waals surface area contributed by atoms with Crippen LogP contribution in [0.4, 0.5) is 0 Å². The van der Waals surface area contributed by atoms with E-state index in [-0.39, 0.29) is 19.4 Å². The van der Waals surface area contributed by atoms with Gasteiger partial charge >= 0.3 is 5.97 Å². The highest BCUT2D eigenvalue weighted by atomic mass is 16.5. The van der Waals surface area contributed by atoms with Crippen molar-refractivity contribution >= 4 is 5.97 Å². The van der Waals surface area contributed by atoms with E-state index in [9.17, 15) is 4.79 Å². The van der Waals surface area contributed by atoms with E-state index in [1.54, 1.807) is 0 Å². The summed E-state index contributed by atoms with van der Waals surface area (Å²) in [6.07, 6.45) is 0. The first-order valence-electron chi connectivity index (χ1n) is 3.52. The van der Waals surface area contributed by atoms with Gasteiger partial charge in [-0.05, 0) is 21.1 Å². The van der Waals surface area contributed by atoms with E-state index in [1.807, 2.05) is 26.0 Å². The highest BCUT2D eigenvalue weighted by molar-refractivity contribution is 5.70. The number of aliphatic hydroxyl groups is 2. The zero-order chi connectivity index (χ0) is 9.98. The SMILES string of the molecule is CN(C)C.N.O=C(CO)OCCO. The molecule has 0 aliphatic heterocycles. The molecule has 0 heterocycles. The molecule has 5 N–H and O–H groups in total. The average molecular weight is 196 g/mol. The third-order valence-electron chi connectivity index (χ3n) is 0.483. The maximum atomic E-state index is 9.99. The Bertz CT molecular complexity index is 106.